The van der Waals surface area contributed by atoms with Crippen molar-refractivity contribution in [2.45, 2.75) is 6.92 Å². The number of hydrogen-bond acceptors (Lipinski definition) is 3. The molecule has 0 atom stereocenters. The average molecular weight is 240 g/mol. The Morgan fingerprint density at radius 2 is 1.83 bits per heavy atom. The molecule has 4 nitrogen and oxygen atoms in total. The molecule has 0 aliphatic carbocycles. The zero-order valence-electron chi connectivity index (χ0n) is 9.91. The molecule has 0 saturated heterocycles. The maximum absolute atomic E-state index is 11.8. The molecule has 90 valence electrons. The van der Waals surface area contributed by atoms with Gasteiger partial charge in [0.25, 0.3) is 11.8 Å². The first-order valence-electron chi connectivity index (χ1n) is 5.87. The summed E-state index contributed by atoms with van der Waals surface area (Å²) in [6, 6.07) is 9.36. The molecule has 0 radical (unpaired) electrons. The first-order valence-corrected chi connectivity index (χ1v) is 5.87. The summed E-state index contributed by atoms with van der Waals surface area (Å²) < 4.78 is 0. The van der Waals surface area contributed by atoms with E-state index in [9.17, 15) is 9.59 Å². The third kappa shape index (κ3) is 1.39. The lowest BCUT2D eigenvalue weighted by molar-refractivity contribution is 0.0880. The van der Waals surface area contributed by atoms with Crippen molar-refractivity contribution < 1.29 is 9.59 Å². The molecular formula is C14H12N2O2. The van der Waals surface area contributed by atoms with Crippen molar-refractivity contribution in [1.82, 2.24) is 5.32 Å². The number of anilines is 1. The molecule has 3 rings (SSSR count). The van der Waals surface area contributed by atoms with Crippen LogP contribution in [0.2, 0.25) is 0 Å². The van der Waals surface area contributed by atoms with Crippen molar-refractivity contribution in [3.8, 4) is 0 Å². The van der Waals surface area contributed by atoms with Crippen LogP contribution in [0.1, 0.15) is 27.6 Å². The number of hydrogen-bond donors (Lipinski definition) is 2. The molecule has 2 aromatic rings. The molecule has 0 fully saturated rings. The summed E-state index contributed by atoms with van der Waals surface area (Å²) in [6.07, 6.45) is 0. The van der Waals surface area contributed by atoms with Crippen molar-refractivity contribution in [3.05, 3.63) is 41.5 Å². The van der Waals surface area contributed by atoms with Gasteiger partial charge in [0.15, 0.2) is 0 Å². The van der Waals surface area contributed by atoms with Crippen molar-refractivity contribution in [3.63, 3.8) is 0 Å². The predicted octanol–water partition coefficient (Wildman–Crippen LogP) is 2.16. The molecule has 2 amide bonds. The van der Waals surface area contributed by atoms with Crippen molar-refractivity contribution in [2.24, 2.45) is 0 Å². The van der Waals surface area contributed by atoms with Crippen LogP contribution in [0.4, 0.5) is 5.69 Å². The monoisotopic (exact) mass is 240 g/mol. The van der Waals surface area contributed by atoms with Crippen LogP contribution >= 0.6 is 0 Å². The lowest BCUT2D eigenvalue weighted by Gasteiger charge is -2.10. The van der Waals surface area contributed by atoms with Crippen LogP contribution in [-0.4, -0.2) is 18.4 Å². The topological polar surface area (TPSA) is 58.2 Å². The molecule has 0 aromatic heterocycles. The molecular weight excluding hydrogens is 228 g/mol. The maximum atomic E-state index is 11.8. The normalized spacial score (nSPS) is 13.6. The third-order valence-corrected chi connectivity index (χ3v) is 3.11. The highest BCUT2D eigenvalue weighted by Crippen LogP contribution is 2.32. The van der Waals surface area contributed by atoms with E-state index in [1.807, 2.05) is 31.2 Å². The number of fused-ring (bicyclic) bond motifs is 3. The van der Waals surface area contributed by atoms with Crippen LogP contribution < -0.4 is 10.6 Å². The first kappa shape index (κ1) is 10.8. The van der Waals surface area contributed by atoms with Gasteiger partial charge in [-0.05, 0) is 18.4 Å². The second kappa shape index (κ2) is 3.84. The average Bonchev–Trinajstić information content (AvgIpc) is 2.65. The first-order chi connectivity index (χ1) is 8.72. The van der Waals surface area contributed by atoms with Crippen LogP contribution in [0.5, 0.6) is 0 Å². The van der Waals surface area contributed by atoms with Gasteiger partial charge in [-0.1, -0.05) is 24.3 Å². The Morgan fingerprint density at radius 3 is 2.56 bits per heavy atom. The number of carbonyl (C=O) groups excluding carboxylic acids is 2. The zero-order chi connectivity index (χ0) is 12.7. The van der Waals surface area contributed by atoms with Gasteiger partial charge in [0, 0.05) is 17.6 Å². The fourth-order valence-electron chi connectivity index (χ4n) is 2.37. The number of imide groups is 1. The van der Waals surface area contributed by atoms with E-state index in [4.69, 9.17) is 0 Å². The smallest absolute Gasteiger partial charge is 0.259 e. The van der Waals surface area contributed by atoms with Gasteiger partial charge < -0.3 is 5.32 Å². The van der Waals surface area contributed by atoms with E-state index < -0.39 is 0 Å². The van der Waals surface area contributed by atoms with Crippen molar-refractivity contribution in [1.29, 1.82) is 0 Å². The van der Waals surface area contributed by atoms with Crippen LogP contribution in [0.3, 0.4) is 0 Å². The fraction of sp³-hybridized carbons (Fsp3) is 0.143. The molecule has 0 saturated carbocycles. The molecule has 1 aliphatic rings. The molecule has 0 spiro atoms. The molecule has 2 N–H and O–H groups in total. The van der Waals surface area contributed by atoms with E-state index in [-0.39, 0.29) is 11.8 Å². The minimum Gasteiger partial charge on any atom is -0.385 e. The summed E-state index contributed by atoms with van der Waals surface area (Å²) in [4.78, 5) is 23.5. The Balaban J connectivity index is 2.40. The van der Waals surface area contributed by atoms with Crippen LogP contribution in [0.15, 0.2) is 30.3 Å². The summed E-state index contributed by atoms with van der Waals surface area (Å²) >= 11 is 0. The number of rotatable bonds is 2. The second-order valence-electron chi connectivity index (χ2n) is 4.21. The SMILES string of the molecule is CCNc1cc2c(c3ccccc13)C(=O)NC2=O. The molecule has 4 heteroatoms. The second-order valence-corrected chi connectivity index (χ2v) is 4.21. The highest BCUT2D eigenvalue weighted by atomic mass is 16.2. The summed E-state index contributed by atoms with van der Waals surface area (Å²) in [5.74, 6) is -0.630. The van der Waals surface area contributed by atoms with Crippen LogP contribution in [0, 0.1) is 0 Å². The Labute approximate surface area is 104 Å². The fourth-order valence-corrected chi connectivity index (χ4v) is 2.37. The minimum absolute atomic E-state index is 0.311. The Bertz CT molecular complexity index is 677. The minimum atomic E-state index is -0.320. The molecule has 1 aliphatic heterocycles. The number of carbonyl (C=O) groups is 2. The number of nitrogens with one attached hydrogen (secondary N) is 2. The Morgan fingerprint density at radius 1 is 1.11 bits per heavy atom. The summed E-state index contributed by atoms with van der Waals surface area (Å²) in [5.41, 5.74) is 1.82. The highest BCUT2D eigenvalue weighted by molar-refractivity contribution is 6.28. The van der Waals surface area contributed by atoms with E-state index in [2.05, 4.69) is 10.6 Å². The molecule has 18 heavy (non-hydrogen) atoms. The van der Waals surface area contributed by atoms with E-state index in [0.29, 0.717) is 11.1 Å². The Kier molecular flexibility index (Phi) is 2.30. The van der Waals surface area contributed by atoms with E-state index in [1.165, 1.54) is 0 Å². The van der Waals surface area contributed by atoms with Gasteiger partial charge in [-0.2, -0.15) is 0 Å². The van der Waals surface area contributed by atoms with Crippen LogP contribution in [0.25, 0.3) is 10.8 Å². The number of amides is 2. The van der Waals surface area contributed by atoms with Crippen molar-refractivity contribution in [2.75, 3.05) is 11.9 Å². The van der Waals surface area contributed by atoms with E-state index in [1.54, 1.807) is 6.07 Å². The summed E-state index contributed by atoms with van der Waals surface area (Å²) in [6.45, 7) is 2.76. The van der Waals surface area contributed by atoms with Gasteiger partial charge in [0.2, 0.25) is 0 Å². The zero-order valence-corrected chi connectivity index (χ0v) is 9.91. The number of benzene rings is 2. The molecule has 0 bridgehead atoms. The third-order valence-electron chi connectivity index (χ3n) is 3.11. The van der Waals surface area contributed by atoms with Gasteiger partial charge in [0.05, 0.1) is 11.1 Å². The molecule has 1 heterocycles. The molecule has 2 aromatic carbocycles. The quantitative estimate of drug-likeness (QED) is 0.791. The largest absolute Gasteiger partial charge is 0.385 e. The van der Waals surface area contributed by atoms with Gasteiger partial charge in [-0.25, -0.2) is 0 Å². The van der Waals surface area contributed by atoms with Gasteiger partial charge in [-0.3, -0.25) is 14.9 Å². The van der Waals surface area contributed by atoms with Gasteiger partial charge in [-0.15, -0.1) is 0 Å². The maximum Gasteiger partial charge on any atom is 0.259 e. The highest BCUT2D eigenvalue weighted by Gasteiger charge is 2.29. The standard InChI is InChI=1S/C14H12N2O2/c1-2-15-11-7-10-12(14(18)16-13(10)17)9-6-4-3-5-8(9)11/h3-7,15H,2H2,1H3,(H,16,17,18). The van der Waals surface area contributed by atoms with E-state index >= 15 is 0 Å². The van der Waals surface area contributed by atoms with Crippen molar-refractivity contribution >= 4 is 28.3 Å². The van der Waals surface area contributed by atoms with E-state index in [0.717, 1.165) is 23.0 Å². The van der Waals surface area contributed by atoms with Gasteiger partial charge in [0.1, 0.15) is 0 Å². The lowest BCUT2D eigenvalue weighted by Crippen LogP contribution is -2.19. The predicted molar refractivity (Wildman–Crippen MR) is 69.9 cm³/mol. The molecule has 0 unspecified atom stereocenters. The summed E-state index contributed by atoms with van der Waals surface area (Å²) in [7, 11) is 0. The summed E-state index contributed by atoms with van der Waals surface area (Å²) in [5, 5.41) is 7.34. The van der Waals surface area contributed by atoms with Gasteiger partial charge >= 0.3 is 0 Å². The Hall–Kier alpha value is -2.36. The van der Waals surface area contributed by atoms with Crippen LogP contribution in [-0.2, 0) is 0 Å². The lowest BCUT2D eigenvalue weighted by atomic mass is 9.98.